The summed E-state index contributed by atoms with van der Waals surface area (Å²) in [6, 6.07) is 6.99. The summed E-state index contributed by atoms with van der Waals surface area (Å²) >= 11 is 5.86. The maximum atomic E-state index is 12.1. The summed E-state index contributed by atoms with van der Waals surface area (Å²) < 4.78 is 6.35. The third-order valence-electron chi connectivity index (χ3n) is 3.08. The number of carbonyl (C=O) groups excluding carboxylic acids is 2. The predicted octanol–water partition coefficient (Wildman–Crippen LogP) is 0.722. The van der Waals surface area contributed by atoms with Crippen molar-refractivity contribution in [1.82, 2.24) is 25.4 Å². The molecular formula is C15H18ClN5O3. The van der Waals surface area contributed by atoms with Crippen molar-refractivity contribution in [1.29, 1.82) is 0 Å². The summed E-state index contributed by atoms with van der Waals surface area (Å²) in [5.74, 6) is -0.291. The van der Waals surface area contributed by atoms with Gasteiger partial charge in [-0.2, -0.15) is 0 Å². The molecule has 1 heterocycles. The molecule has 1 aromatic heterocycles. The number of aryl methyl sites for hydroxylation is 1. The highest BCUT2D eigenvalue weighted by molar-refractivity contribution is 6.30. The van der Waals surface area contributed by atoms with Crippen molar-refractivity contribution in [3.63, 3.8) is 0 Å². The van der Waals surface area contributed by atoms with E-state index in [0.29, 0.717) is 24.0 Å². The third kappa shape index (κ3) is 4.77. The maximum absolute atomic E-state index is 12.1. The standard InChI is InChI=1S/C15H18ClN5O3/c1-10-19-14(15(23)18-9-13(22)17-7-8-24-2)20-21(10)12-5-3-11(16)4-6-12/h3-6H,7-9H2,1-2H3,(H,17,22)(H,18,23). The number of ether oxygens (including phenoxy) is 1. The van der Waals surface area contributed by atoms with Crippen LogP contribution in [-0.2, 0) is 9.53 Å². The highest BCUT2D eigenvalue weighted by atomic mass is 35.5. The fourth-order valence-corrected chi connectivity index (χ4v) is 2.03. The highest BCUT2D eigenvalue weighted by Crippen LogP contribution is 2.14. The SMILES string of the molecule is COCCNC(=O)CNC(=O)c1nc(C)n(-c2ccc(Cl)cc2)n1. The Morgan fingerprint density at radius 1 is 1.25 bits per heavy atom. The van der Waals surface area contributed by atoms with Crippen LogP contribution in [0, 0.1) is 6.92 Å². The van der Waals surface area contributed by atoms with E-state index in [9.17, 15) is 9.59 Å². The van der Waals surface area contributed by atoms with E-state index >= 15 is 0 Å². The molecule has 2 N–H and O–H groups in total. The van der Waals surface area contributed by atoms with Gasteiger partial charge < -0.3 is 15.4 Å². The molecular weight excluding hydrogens is 334 g/mol. The lowest BCUT2D eigenvalue weighted by Gasteiger charge is -2.05. The number of carbonyl (C=O) groups is 2. The second-order valence-corrected chi connectivity index (χ2v) is 5.33. The van der Waals surface area contributed by atoms with E-state index in [2.05, 4.69) is 20.7 Å². The number of amides is 2. The van der Waals surface area contributed by atoms with Crippen LogP contribution in [0.1, 0.15) is 16.4 Å². The van der Waals surface area contributed by atoms with Crippen molar-refractivity contribution >= 4 is 23.4 Å². The molecule has 0 radical (unpaired) electrons. The van der Waals surface area contributed by atoms with E-state index in [1.54, 1.807) is 38.3 Å². The van der Waals surface area contributed by atoms with Gasteiger partial charge in [0.25, 0.3) is 5.91 Å². The average Bonchev–Trinajstić information content (AvgIpc) is 2.95. The van der Waals surface area contributed by atoms with Gasteiger partial charge in [-0.3, -0.25) is 9.59 Å². The summed E-state index contributed by atoms with van der Waals surface area (Å²) in [4.78, 5) is 27.7. The van der Waals surface area contributed by atoms with E-state index in [4.69, 9.17) is 16.3 Å². The Hall–Kier alpha value is -2.45. The minimum absolute atomic E-state index is 0.00728. The lowest BCUT2D eigenvalue weighted by molar-refractivity contribution is -0.120. The van der Waals surface area contributed by atoms with Crippen LogP contribution in [0.25, 0.3) is 5.69 Å². The number of methoxy groups -OCH3 is 1. The van der Waals surface area contributed by atoms with Crippen molar-refractivity contribution in [3.8, 4) is 5.69 Å². The minimum Gasteiger partial charge on any atom is -0.383 e. The molecule has 0 aliphatic heterocycles. The summed E-state index contributed by atoms with van der Waals surface area (Å²) in [5.41, 5.74) is 0.737. The number of nitrogens with one attached hydrogen (secondary N) is 2. The number of nitrogens with zero attached hydrogens (tertiary/aromatic N) is 3. The van der Waals surface area contributed by atoms with Crippen LogP contribution in [0.4, 0.5) is 0 Å². The monoisotopic (exact) mass is 351 g/mol. The van der Waals surface area contributed by atoms with Crippen LogP contribution in [0.5, 0.6) is 0 Å². The number of benzene rings is 1. The second-order valence-electron chi connectivity index (χ2n) is 4.90. The molecule has 8 nitrogen and oxygen atoms in total. The normalized spacial score (nSPS) is 10.5. The van der Waals surface area contributed by atoms with Crippen molar-refractivity contribution in [3.05, 3.63) is 40.9 Å². The average molecular weight is 352 g/mol. The second kappa shape index (κ2) is 8.42. The number of aromatic nitrogens is 3. The van der Waals surface area contributed by atoms with Gasteiger partial charge in [-0.25, -0.2) is 9.67 Å². The fourth-order valence-electron chi connectivity index (χ4n) is 1.91. The number of hydrogen-bond donors (Lipinski definition) is 2. The molecule has 0 fully saturated rings. The summed E-state index contributed by atoms with van der Waals surface area (Å²) in [5, 5.41) is 9.84. The first-order chi connectivity index (χ1) is 11.5. The molecule has 0 aliphatic carbocycles. The van der Waals surface area contributed by atoms with Crippen LogP contribution in [0.2, 0.25) is 5.02 Å². The molecule has 1 aromatic carbocycles. The molecule has 0 bridgehead atoms. The van der Waals surface area contributed by atoms with E-state index in [1.165, 1.54) is 4.68 Å². The highest BCUT2D eigenvalue weighted by Gasteiger charge is 2.16. The van der Waals surface area contributed by atoms with Crippen LogP contribution in [0.3, 0.4) is 0 Å². The zero-order valence-electron chi connectivity index (χ0n) is 13.4. The summed E-state index contributed by atoms with van der Waals surface area (Å²) in [6.07, 6.45) is 0. The molecule has 0 atom stereocenters. The van der Waals surface area contributed by atoms with Crippen LogP contribution in [-0.4, -0.2) is 53.4 Å². The van der Waals surface area contributed by atoms with Gasteiger partial charge in [-0.15, -0.1) is 5.10 Å². The van der Waals surface area contributed by atoms with E-state index < -0.39 is 5.91 Å². The van der Waals surface area contributed by atoms with Gasteiger partial charge in [0.1, 0.15) is 5.82 Å². The molecule has 0 spiro atoms. The zero-order chi connectivity index (χ0) is 17.5. The van der Waals surface area contributed by atoms with Crippen LogP contribution < -0.4 is 10.6 Å². The smallest absolute Gasteiger partial charge is 0.291 e. The van der Waals surface area contributed by atoms with Crippen molar-refractivity contribution in [2.75, 3.05) is 26.8 Å². The van der Waals surface area contributed by atoms with Gasteiger partial charge in [-0.1, -0.05) is 11.6 Å². The summed E-state index contributed by atoms with van der Waals surface area (Å²) in [6.45, 7) is 2.37. The zero-order valence-corrected chi connectivity index (χ0v) is 14.1. The Kier molecular flexibility index (Phi) is 6.28. The molecule has 2 aromatic rings. The van der Waals surface area contributed by atoms with Gasteiger partial charge in [0.15, 0.2) is 0 Å². The topological polar surface area (TPSA) is 98.1 Å². The van der Waals surface area contributed by atoms with Gasteiger partial charge in [0.05, 0.1) is 18.8 Å². The first-order valence-corrected chi connectivity index (χ1v) is 7.62. The molecule has 2 rings (SSSR count). The molecule has 9 heteroatoms. The molecule has 2 amide bonds. The van der Waals surface area contributed by atoms with Crippen molar-refractivity contribution < 1.29 is 14.3 Å². The van der Waals surface area contributed by atoms with Gasteiger partial charge in [0.2, 0.25) is 11.7 Å². The first kappa shape index (κ1) is 17.9. The Balaban J connectivity index is 1.97. The van der Waals surface area contributed by atoms with E-state index in [-0.39, 0.29) is 18.3 Å². The van der Waals surface area contributed by atoms with Gasteiger partial charge in [-0.05, 0) is 31.2 Å². The minimum atomic E-state index is -0.521. The first-order valence-electron chi connectivity index (χ1n) is 7.24. The Bertz CT molecular complexity index is 714. The molecule has 0 aliphatic rings. The molecule has 0 saturated carbocycles. The van der Waals surface area contributed by atoms with E-state index in [1.807, 2.05) is 0 Å². The Morgan fingerprint density at radius 2 is 1.96 bits per heavy atom. The maximum Gasteiger partial charge on any atom is 0.291 e. The number of rotatable bonds is 7. The van der Waals surface area contributed by atoms with Gasteiger partial charge >= 0.3 is 0 Å². The summed E-state index contributed by atoms with van der Waals surface area (Å²) in [7, 11) is 1.54. The fraction of sp³-hybridized carbons (Fsp3) is 0.333. The third-order valence-corrected chi connectivity index (χ3v) is 3.33. The predicted molar refractivity (Wildman–Crippen MR) is 88.3 cm³/mol. The lowest BCUT2D eigenvalue weighted by atomic mass is 10.3. The molecule has 128 valence electrons. The Labute approximate surface area is 144 Å². The van der Waals surface area contributed by atoms with E-state index in [0.717, 1.165) is 5.69 Å². The quantitative estimate of drug-likeness (QED) is 0.716. The largest absolute Gasteiger partial charge is 0.383 e. The molecule has 0 unspecified atom stereocenters. The number of hydrogen-bond acceptors (Lipinski definition) is 5. The van der Waals surface area contributed by atoms with Crippen molar-refractivity contribution in [2.24, 2.45) is 0 Å². The molecule has 0 saturated heterocycles. The van der Waals surface area contributed by atoms with Crippen LogP contribution >= 0.6 is 11.6 Å². The van der Waals surface area contributed by atoms with Crippen molar-refractivity contribution in [2.45, 2.75) is 6.92 Å². The Morgan fingerprint density at radius 3 is 2.62 bits per heavy atom. The molecule has 24 heavy (non-hydrogen) atoms. The number of halogens is 1. The van der Waals surface area contributed by atoms with Crippen LogP contribution in [0.15, 0.2) is 24.3 Å². The lowest BCUT2D eigenvalue weighted by Crippen LogP contribution is -2.38. The van der Waals surface area contributed by atoms with Gasteiger partial charge in [0, 0.05) is 18.7 Å².